The molecule has 2 N–H and O–H groups in total. The predicted molar refractivity (Wildman–Crippen MR) is 77.4 cm³/mol. The number of piperidine rings is 1. The van der Waals surface area contributed by atoms with Gasteiger partial charge in [-0.05, 0) is 50.3 Å². The molecule has 17 heavy (non-hydrogen) atoms. The number of nitrogens with zero attached hydrogens (tertiary/aromatic N) is 1. The van der Waals surface area contributed by atoms with Gasteiger partial charge in [0.05, 0.1) is 13.1 Å². The molecule has 2 heterocycles. The molecule has 1 aliphatic heterocycles. The summed E-state index contributed by atoms with van der Waals surface area (Å²) in [5, 5.41) is 0. The highest BCUT2D eigenvalue weighted by molar-refractivity contribution is 9.12. The third kappa shape index (κ3) is 2.92. The maximum absolute atomic E-state index is 12.3. The molecule has 0 aliphatic carbocycles. The van der Waals surface area contributed by atoms with Crippen molar-refractivity contribution in [1.82, 2.24) is 4.90 Å². The summed E-state index contributed by atoms with van der Waals surface area (Å²) < 4.78 is 1.85. The predicted octanol–water partition coefficient (Wildman–Crippen LogP) is 3.08. The van der Waals surface area contributed by atoms with Crippen LogP contribution in [0, 0.1) is 5.92 Å². The topological polar surface area (TPSA) is 46.3 Å². The summed E-state index contributed by atoms with van der Waals surface area (Å²) in [5.41, 5.74) is 6.70. The van der Waals surface area contributed by atoms with Crippen molar-refractivity contribution >= 4 is 49.1 Å². The molecule has 1 fully saturated rings. The van der Waals surface area contributed by atoms with E-state index in [4.69, 9.17) is 5.73 Å². The molecule has 6 heteroatoms. The molecule has 2 rings (SSSR count). The van der Waals surface area contributed by atoms with Crippen LogP contribution in [-0.2, 0) is 0 Å². The summed E-state index contributed by atoms with van der Waals surface area (Å²) in [5.74, 6) is 0.464. The van der Waals surface area contributed by atoms with Gasteiger partial charge in [-0.3, -0.25) is 4.79 Å². The van der Waals surface area contributed by atoms with E-state index in [1.807, 2.05) is 11.0 Å². The fourth-order valence-electron chi connectivity index (χ4n) is 2.00. The summed E-state index contributed by atoms with van der Waals surface area (Å²) in [6.07, 6.45) is 0.885. The zero-order valence-corrected chi connectivity index (χ0v) is 13.4. The fraction of sp³-hybridized carbons (Fsp3) is 0.545. The molecule has 1 saturated heterocycles. The minimum atomic E-state index is 0.0950. The number of carbonyl (C=O) groups is 1. The average molecular weight is 382 g/mol. The van der Waals surface area contributed by atoms with E-state index >= 15 is 0 Å². The average Bonchev–Trinajstić information content (AvgIpc) is 2.61. The summed E-state index contributed by atoms with van der Waals surface area (Å²) in [7, 11) is 0. The van der Waals surface area contributed by atoms with Crippen molar-refractivity contribution in [3.63, 3.8) is 0 Å². The van der Waals surface area contributed by atoms with Crippen molar-refractivity contribution in [2.75, 3.05) is 13.1 Å². The molecule has 2 unspecified atom stereocenters. The number of nitrogens with two attached hydrogens (primary N) is 1. The summed E-state index contributed by atoms with van der Waals surface area (Å²) in [6.45, 7) is 3.60. The number of halogens is 2. The van der Waals surface area contributed by atoms with E-state index in [0.717, 1.165) is 32.6 Å². The second kappa shape index (κ2) is 5.38. The first-order valence-corrected chi connectivity index (χ1v) is 7.89. The highest BCUT2D eigenvalue weighted by Crippen LogP contribution is 2.33. The van der Waals surface area contributed by atoms with Crippen LogP contribution in [0.2, 0.25) is 0 Å². The molecule has 1 aromatic heterocycles. The lowest BCUT2D eigenvalue weighted by Crippen LogP contribution is -2.48. The van der Waals surface area contributed by atoms with Crippen LogP contribution in [0.1, 0.15) is 23.7 Å². The zero-order valence-electron chi connectivity index (χ0n) is 9.45. The molecule has 2 atom stereocenters. The lowest BCUT2D eigenvalue weighted by molar-refractivity contribution is 0.0664. The van der Waals surface area contributed by atoms with Crippen LogP contribution in [0.4, 0.5) is 0 Å². The molecule has 0 saturated carbocycles. The highest BCUT2D eigenvalue weighted by atomic mass is 79.9. The molecule has 3 nitrogen and oxygen atoms in total. The maximum atomic E-state index is 12.3. The molecule has 0 spiro atoms. The van der Waals surface area contributed by atoms with E-state index in [2.05, 4.69) is 38.8 Å². The lowest BCUT2D eigenvalue weighted by atomic mass is 9.94. The summed E-state index contributed by atoms with van der Waals surface area (Å²) >= 11 is 8.35. The Balaban J connectivity index is 2.13. The minimum absolute atomic E-state index is 0.0950. The Bertz CT molecular complexity index is 435. The molecule has 1 amide bonds. The third-order valence-corrected chi connectivity index (χ3v) is 5.49. The van der Waals surface area contributed by atoms with Crippen molar-refractivity contribution in [1.29, 1.82) is 0 Å². The second-order valence-corrected chi connectivity index (χ2v) is 8.17. The van der Waals surface area contributed by atoms with Crippen LogP contribution >= 0.6 is 43.2 Å². The standard InChI is InChI=1S/C11H14Br2N2OS/c1-6-5-15(3-2-8(6)14)11(16)7-4-9(12)17-10(7)13/h4,6,8H,2-3,5,14H2,1H3. The van der Waals surface area contributed by atoms with Gasteiger partial charge in [-0.25, -0.2) is 0 Å². The van der Waals surface area contributed by atoms with E-state index in [1.54, 1.807) is 0 Å². The van der Waals surface area contributed by atoms with Gasteiger partial charge in [0.25, 0.3) is 5.91 Å². The largest absolute Gasteiger partial charge is 0.338 e. The molecule has 1 aromatic rings. The van der Waals surface area contributed by atoms with Crippen molar-refractivity contribution in [2.24, 2.45) is 11.7 Å². The molecule has 94 valence electrons. The van der Waals surface area contributed by atoms with Crippen molar-refractivity contribution in [3.05, 3.63) is 19.2 Å². The molecule has 0 aromatic carbocycles. The number of likely N-dealkylation sites (tertiary alicyclic amines) is 1. The van der Waals surface area contributed by atoms with E-state index in [-0.39, 0.29) is 11.9 Å². The van der Waals surface area contributed by atoms with E-state index < -0.39 is 0 Å². The highest BCUT2D eigenvalue weighted by Gasteiger charge is 2.28. The first kappa shape index (κ1) is 13.5. The Hall–Kier alpha value is 0.0900. The smallest absolute Gasteiger partial charge is 0.255 e. The first-order valence-electron chi connectivity index (χ1n) is 5.48. The Kier molecular flexibility index (Phi) is 4.28. The molecular formula is C11H14Br2N2OS. The Morgan fingerprint density at radius 2 is 2.29 bits per heavy atom. The molecule has 1 aliphatic rings. The van der Waals surface area contributed by atoms with Crippen LogP contribution in [0.5, 0.6) is 0 Å². The van der Waals surface area contributed by atoms with Gasteiger partial charge >= 0.3 is 0 Å². The van der Waals surface area contributed by atoms with Crippen molar-refractivity contribution in [2.45, 2.75) is 19.4 Å². The van der Waals surface area contributed by atoms with Crippen LogP contribution in [0.25, 0.3) is 0 Å². The Labute approximate surface area is 122 Å². The molecular weight excluding hydrogens is 368 g/mol. The number of rotatable bonds is 1. The van der Waals surface area contributed by atoms with Crippen LogP contribution < -0.4 is 5.73 Å². The Morgan fingerprint density at radius 3 is 2.82 bits per heavy atom. The van der Waals surface area contributed by atoms with Gasteiger partial charge in [-0.2, -0.15) is 0 Å². The van der Waals surface area contributed by atoms with Crippen molar-refractivity contribution < 1.29 is 4.79 Å². The van der Waals surface area contributed by atoms with E-state index in [9.17, 15) is 4.79 Å². The maximum Gasteiger partial charge on any atom is 0.255 e. The van der Waals surface area contributed by atoms with Crippen molar-refractivity contribution in [3.8, 4) is 0 Å². The van der Waals surface area contributed by atoms with Crippen LogP contribution in [0.15, 0.2) is 13.6 Å². The minimum Gasteiger partial charge on any atom is -0.338 e. The Morgan fingerprint density at radius 1 is 1.59 bits per heavy atom. The van der Waals surface area contributed by atoms with Gasteiger partial charge in [0, 0.05) is 19.1 Å². The quantitative estimate of drug-likeness (QED) is 0.812. The SMILES string of the molecule is CC1CN(C(=O)c2cc(Br)sc2Br)CCC1N. The summed E-state index contributed by atoms with van der Waals surface area (Å²) in [6, 6.07) is 2.09. The van der Waals surface area contributed by atoms with Gasteiger partial charge in [-0.1, -0.05) is 6.92 Å². The third-order valence-electron chi connectivity index (χ3n) is 3.15. The van der Waals surface area contributed by atoms with Gasteiger partial charge in [-0.15, -0.1) is 11.3 Å². The number of carbonyl (C=O) groups excluding carboxylic acids is 1. The van der Waals surface area contributed by atoms with Gasteiger partial charge in [0.15, 0.2) is 0 Å². The lowest BCUT2D eigenvalue weighted by Gasteiger charge is -2.35. The molecule has 0 radical (unpaired) electrons. The van der Waals surface area contributed by atoms with Crippen LogP contribution in [0.3, 0.4) is 0 Å². The van der Waals surface area contributed by atoms with E-state index in [0.29, 0.717) is 5.92 Å². The number of hydrogen-bond donors (Lipinski definition) is 1. The molecule has 0 bridgehead atoms. The van der Waals surface area contributed by atoms with Gasteiger partial charge < -0.3 is 10.6 Å². The normalized spacial score (nSPS) is 25.1. The van der Waals surface area contributed by atoms with E-state index in [1.165, 1.54) is 11.3 Å². The monoisotopic (exact) mass is 380 g/mol. The summed E-state index contributed by atoms with van der Waals surface area (Å²) in [4.78, 5) is 14.2. The van der Waals surface area contributed by atoms with Crippen LogP contribution in [-0.4, -0.2) is 29.9 Å². The van der Waals surface area contributed by atoms with Gasteiger partial charge in [0.1, 0.15) is 0 Å². The second-order valence-electron chi connectivity index (χ2n) is 4.42. The number of thiophene rings is 1. The van der Waals surface area contributed by atoms with Gasteiger partial charge in [0.2, 0.25) is 0 Å². The first-order chi connectivity index (χ1) is 7.99. The number of hydrogen-bond acceptors (Lipinski definition) is 3. The zero-order chi connectivity index (χ0) is 12.6. The number of amides is 1. The fourth-order valence-corrected chi connectivity index (χ4v) is 4.78.